The van der Waals surface area contributed by atoms with Gasteiger partial charge >= 0.3 is 0 Å². The molecular weight excluding hydrogens is 210 g/mol. The van der Waals surface area contributed by atoms with Crippen molar-refractivity contribution in [2.45, 2.75) is 12.5 Å². The summed E-state index contributed by atoms with van der Waals surface area (Å²) >= 11 is 0. The van der Waals surface area contributed by atoms with E-state index in [4.69, 9.17) is 5.11 Å². The van der Waals surface area contributed by atoms with Crippen LogP contribution in [0.3, 0.4) is 0 Å². The molecule has 0 saturated carbocycles. The summed E-state index contributed by atoms with van der Waals surface area (Å²) in [5, 5.41) is 11.7. The van der Waals surface area contributed by atoms with E-state index in [9.17, 15) is 9.59 Å². The first-order valence-electron chi connectivity index (χ1n) is 4.79. The van der Waals surface area contributed by atoms with Crippen LogP contribution in [0.5, 0.6) is 5.75 Å². The largest absolute Gasteiger partial charge is 0.508 e. The van der Waals surface area contributed by atoms with Gasteiger partial charge in [-0.3, -0.25) is 15.0 Å². The van der Waals surface area contributed by atoms with Crippen LogP contribution in [0, 0.1) is 0 Å². The number of benzene rings is 1. The molecular formula is C10H11N3O3. The van der Waals surface area contributed by atoms with Crippen LogP contribution < -0.4 is 16.2 Å². The maximum absolute atomic E-state index is 11.6. The molecule has 1 atom stereocenters. The second-order valence-electron chi connectivity index (χ2n) is 3.49. The number of carbonyl (C=O) groups is 2. The lowest BCUT2D eigenvalue weighted by atomic mass is 10.2. The monoisotopic (exact) mass is 221 g/mol. The van der Waals surface area contributed by atoms with Crippen LogP contribution in [-0.4, -0.2) is 23.0 Å². The van der Waals surface area contributed by atoms with Gasteiger partial charge in [-0.1, -0.05) is 0 Å². The summed E-state index contributed by atoms with van der Waals surface area (Å²) < 4.78 is 0. The Morgan fingerprint density at radius 2 is 2.06 bits per heavy atom. The molecule has 1 aliphatic rings. The van der Waals surface area contributed by atoms with Gasteiger partial charge in [0, 0.05) is 5.69 Å². The van der Waals surface area contributed by atoms with Gasteiger partial charge in [0.2, 0.25) is 11.8 Å². The fraction of sp³-hybridized carbons (Fsp3) is 0.200. The maximum atomic E-state index is 11.6. The predicted octanol–water partition coefficient (Wildman–Crippen LogP) is -0.276. The lowest BCUT2D eigenvalue weighted by molar-refractivity contribution is -0.121. The Hall–Kier alpha value is -2.08. The first-order chi connectivity index (χ1) is 7.65. The van der Waals surface area contributed by atoms with Crippen LogP contribution in [-0.2, 0) is 9.59 Å². The first-order valence-corrected chi connectivity index (χ1v) is 4.79. The van der Waals surface area contributed by atoms with Crippen molar-refractivity contribution < 1.29 is 14.7 Å². The van der Waals surface area contributed by atoms with Crippen LogP contribution in [0.25, 0.3) is 0 Å². The highest BCUT2D eigenvalue weighted by atomic mass is 16.3. The summed E-state index contributed by atoms with van der Waals surface area (Å²) in [6.07, 6.45) is 0.129. The third kappa shape index (κ3) is 2.29. The molecule has 6 heteroatoms. The molecule has 1 aliphatic heterocycles. The molecule has 1 aromatic carbocycles. The fourth-order valence-corrected chi connectivity index (χ4v) is 1.39. The average Bonchev–Trinajstić information content (AvgIpc) is 2.68. The predicted molar refractivity (Wildman–Crippen MR) is 56.4 cm³/mol. The average molecular weight is 221 g/mol. The van der Waals surface area contributed by atoms with Gasteiger partial charge in [0.05, 0.1) is 6.42 Å². The van der Waals surface area contributed by atoms with Crippen molar-refractivity contribution in [3.8, 4) is 5.75 Å². The Bertz CT molecular complexity index is 416. The Balaban J connectivity index is 1.97. The molecule has 1 unspecified atom stereocenters. The van der Waals surface area contributed by atoms with Gasteiger partial charge in [-0.05, 0) is 24.3 Å². The lowest BCUT2D eigenvalue weighted by Gasteiger charge is -2.09. The van der Waals surface area contributed by atoms with E-state index in [1.165, 1.54) is 12.1 Å². The van der Waals surface area contributed by atoms with Crippen LogP contribution >= 0.6 is 0 Å². The highest BCUT2D eigenvalue weighted by molar-refractivity contribution is 5.99. The van der Waals surface area contributed by atoms with E-state index in [0.717, 1.165) is 0 Å². The van der Waals surface area contributed by atoms with Crippen molar-refractivity contribution in [3.05, 3.63) is 24.3 Å². The minimum atomic E-state index is -0.554. The molecule has 1 saturated heterocycles. The summed E-state index contributed by atoms with van der Waals surface area (Å²) in [7, 11) is 0. The zero-order chi connectivity index (χ0) is 11.5. The molecule has 0 bridgehead atoms. The van der Waals surface area contributed by atoms with E-state index in [-0.39, 0.29) is 24.0 Å². The highest BCUT2D eigenvalue weighted by Gasteiger charge is 2.27. The Kier molecular flexibility index (Phi) is 2.74. The smallest absolute Gasteiger partial charge is 0.243 e. The Morgan fingerprint density at radius 3 is 2.62 bits per heavy atom. The normalized spacial score (nSPS) is 19.2. The number of hydrogen-bond donors (Lipinski definition) is 4. The summed E-state index contributed by atoms with van der Waals surface area (Å²) in [5.74, 6) is -0.358. The molecule has 2 amide bonds. The number of rotatable bonds is 2. The number of aromatic hydroxyl groups is 1. The van der Waals surface area contributed by atoms with Gasteiger partial charge in [0.25, 0.3) is 0 Å². The van der Waals surface area contributed by atoms with Crippen molar-refractivity contribution in [1.82, 2.24) is 10.9 Å². The number of nitrogens with one attached hydrogen (secondary N) is 3. The Morgan fingerprint density at radius 1 is 1.38 bits per heavy atom. The number of phenols is 1. The minimum Gasteiger partial charge on any atom is -0.508 e. The summed E-state index contributed by atoms with van der Waals surface area (Å²) in [5.41, 5.74) is 5.51. The maximum Gasteiger partial charge on any atom is 0.243 e. The lowest BCUT2D eigenvalue weighted by Crippen LogP contribution is -2.39. The van der Waals surface area contributed by atoms with E-state index >= 15 is 0 Å². The molecule has 0 radical (unpaired) electrons. The van der Waals surface area contributed by atoms with E-state index in [2.05, 4.69) is 16.2 Å². The third-order valence-corrected chi connectivity index (χ3v) is 2.23. The minimum absolute atomic E-state index is 0.129. The summed E-state index contributed by atoms with van der Waals surface area (Å²) in [4.78, 5) is 22.5. The zero-order valence-electron chi connectivity index (χ0n) is 8.36. The van der Waals surface area contributed by atoms with E-state index in [1.54, 1.807) is 12.1 Å². The van der Waals surface area contributed by atoms with Crippen LogP contribution in [0.2, 0.25) is 0 Å². The number of amides is 2. The number of hydrogen-bond acceptors (Lipinski definition) is 4. The second kappa shape index (κ2) is 4.19. The van der Waals surface area contributed by atoms with E-state index in [0.29, 0.717) is 5.69 Å². The van der Waals surface area contributed by atoms with Crippen molar-refractivity contribution in [1.29, 1.82) is 0 Å². The van der Waals surface area contributed by atoms with Gasteiger partial charge in [0.15, 0.2) is 0 Å². The molecule has 0 aliphatic carbocycles. The van der Waals surface area contributed by atoms with Crippen molar-refractivity contribution in [2.24, 2.45) is 0 Å². The standard InChI is InChI=1S/C10H11N3O3/c14-7-3-1-6(2-4-7)11-10(16)8-5-9(15)13-12-8/h1-4,8,12,14H,5H2,(H,11,16)(H,13,15). The second-order valence-corrected chi connectivity index (χ2v) is 3.49. The van der Waals surface area contributed by atoms with E-state index < -0.39 is 6.04 Å². The molecule has 1 aromatic rings. The van der Waals surface area contributed by atoms with Crippen LogP contribution in [0.1, 0.15) is 6.42 Å². The van der Waals surface area contributed by atoms with Crippen molar-refractivity contribution >= 4 is 17.5 Å². The van der Waals surface area contributed by atoms with E-state index in [1.807, 2.05) is 0 Å². The zero-order valence-corrected chi connectivity index (χ0v) is 8.36. The molecule has 1 heterocycles. The fourth-order valence-electron chi connectivity index (χ4n) is 1.39. The molecule has 4 N–H and O–H groups in total. The molecule has 0 spiro atoms. The van der Waals surface area contributed by atoms with Crippen molar-refractivity contribution in [3.63, 3.8) is 0 Å². The topological polar surface area (TPSA) is 90.5 Å². The van der Waals surface area contributed by atoms with Crippen LogP contribution in [0.15, 0.2) is 24.3 Å². The number of anilines is 1. The van der Waals surface area contributed by atoms with Gasteiger partial charge in [-0.15, -0.1) is 0 Å². The molecule has 16 heavy (non-hydrogen) atoms. The van der Waals surface area contributed by atoms with Gasteiger partial charge in [-0.25, -0.2) is 5.43 Å². The number of phenolic OH excluding ortho intramolecular Hbond substituents is 1. The first kappa shape index (κ1) is 10.4. The molecule has 0 aromatic heterocycles. The molecule has 2 rings (SSSR count). The quantitative estimate of drug-likeness (QED) is 0.517. The summed E-state index contributed by atoms with van der Waals surface area (Å²) in [6.45, 7) is 0. The van der Waals surface area contributed by atoms with Gasteiger partial charge < -0.3 is 10.4 Å². The SMILES string of the molecule is O=C1CC(C(=O)Nc2ccc(O)cc2)NN1. The third-order valence-electron chi connectivity index (χ3n) is 2.23. The molecule has 6 nitrogen and oxygen atoms in total. The van der Waals surface area contributed by atoms with Gasteiger partial charge in [0.1, 0.15) is 11.8 Å². The summed E-state index contributed by atoms with van der Waals surface area (Å²) in [6, 6.07) is 5.55. The van der Waals surface area contributed by atoms with Gasteiger partial charge in [-0.2, -0.15) is 0 Å². The molecule has 84 valence electrons. The highest BCUT2D eigenvalue weighted by Crippen LogP contribution is 2.14. The Labute approximate surface area is 91.6 Å². The van der Waals surface area contributed by atoms with Crippen LogP contribution in [0.4, 0.5) is 5.69 Å². The molecule has 1 fully saturated rings. The number of hydrazine groups is 1. The van der Waals surface area contributed by atoms with Crippen molar-refractivity contribution in [2.75, 3.05) is 5.32 Å². The number of carbonyl (C=O) groups excluding carboxylic acids is 2.